The van der Waals surface area contributed by atoms with Crippen LogP contribution in [0.2, 0.25) is 0 Å². The monoisotopic (exact) mass is 359 g/mol. The van der Waals surface area contributed by atoms with Crippen molar-refractivity contribution in [1.29, 1.82) is 0 Å². The Morgan fingerprint density at radius 1 is 1.40 bits per heavy atom. The van der Waals surface area contributed by atoms with Crippen LogP contribution in [0.5, 0.6) is 5.75 Å². The van der Waals surface area contributed by atoms with Crippen molar-refractivity contribution < 1.29 is 37.4 Å². The summed E-state index contributed by atoms with van der Waals surface area (Å²) in [5.74, 6) is -4.57. The van der Waals surface area contributed by atoms with Crippen LogP contribution in [-0.2, 0) is 14.3 Å². The first-order valence-corrected chi connectivity index (χ1v) is 6.79. The van der Waals surface area contributed by atoms with Crippen LogP contribution >= 0.6 is 0 Å². The van der Waals surface area contributed by atoms with Gasteiger partial charge in [-0.25, -0.2) is 9.78 Å². The van der Waals surface area contributed by atoms with Crippen molar-refractivity contribution in [2.45, 2.75) is 18.6 Å². The van der Waals surface area contributed by atoms with Gasteiger partial charge in [-0.3, -0.25) is 14.0 Å². The Bertz CT molecular complexity index is 831. The minimum Gasteiger partial charge on any atom is -0.504 e. The van der Waals surface area contributed by atoms with Gasteiger partial charge in [0.15, 0.2) is 17.2 Å². The second-order valence-electron chi connectivity index (χ2n) is 4.90. The Labute approximate surface area is 138 Å². The van der Waals surface area contributed by atoms with E-state index in [0.717, 1.165) is 13.3 Å². The molecule has 2 heterocycles. The van der Waals surface area contributed by atoms with Crippen LogP contribution in [0.1, 0.15) is 16.9 Å². The summed E-state index contributed by atoms with van der Waals surface area (Å²) in [5.41, 5.74) is -0.0270. The Morgan fingerprint density at radius 2 is 2.08 bits per heavy atom. The van der Waals surface area contributed by atoms with Gasteiger partial charge in [0.25, 0.3) is 0 Å². The van der Waals surface area contributed by atoms with E-state index in [2.05, 4.69) is 9.72 Å². The average molecular weight is 359 g/mol. The summed E-state index contributed by atoms with van der Waals surface area (Å²) >= 11 is 0. The molecule has 2 rings (SSSR count). The zero-order valence-electron chi connectivity index (χ0n) is 12.7. The number of ether oxygens (including phenoxy) is 1. The van der Waals surface area contributed by atoms with Gasteiger partial charge in [-0.1, -0.05) is 0 Å². The van der Waals surface area contributed by atoms with Gasteiger partial charge >= 0.3 is 18.1 Å². The van der Waals surface area contributed by atoms with Crippen LogP contribution in [-0.4, -0.2) is 51.5 Å². The van der Waals surface area contributed by atoms with Crippen LogP contribution in [0.15, 0.2) is 24.5 Å². The van der Waals surface area contributed by atoms with Gasteiger partial charge in [-0.15, -0.1) is 0 Å². The number of pyridine rings is 1. The lowest BCUT2D eigenvalue weighted by atomic mass is 10.1. The number of imidazole rings is 1. The highest BCUT2D eigenvalue weighted by molar-refractivity contribution is 5.99. The highest BCUT2D eigenvalue weighted by Crippen LogP contribution is 2.19. The fourth-order valence-corrected chi connectivity index (χ4v) is 2.07. The average Bonchev–Trinajstić information content (AvgIpc) is 2.98. The number of nitrogens with zero attached hydrogens (tertiary/aromatic N) is 2. The summed E-state index contributed by atoms with van der Waals surface area (Å²) in [7, 11) is 0.909. The van der Waals surface area contributed by atoms with Crippen LogP contribution in [0.25, 0.3) is 5.65 Å². The van der Waals surface area contributed by atoms with E-state index in [-0.39, 0.29) is 17.1 Å². The highest BCUT2D eigenvalue weighted by Gasteiger charge is 2.41. The summed E-state index contributed by atoms with van der Waals surface area (Å²) < 4.78 is 42.6. The number of fused-ring (bicyclic) bond motifs is 1. The van der Waals surface area contributed by atoms with Crippen LogP contribution in [0, 0.1) is 0 Å². The van der Waals surface area contributed by atoms with E-state index in [0.29, 0.717) is 0 Å². The number of rotatable bonds is 5. The van der Waals surface area contributed by atoms with E-state index in [1.807, 2.05) is 0 Å². The van der Waals surface area contributed by atoms with E-state index >= 15 is 0 Å². The zero-order valence-corrected chi connectivity index (χ0v) is 12.7. The van der Waals surface area contributed by atoms with Crippen molar-refractivity contribution in [2.24, 2.45) is 0 Å². The van der Waals surface area contributed by atoms with Crippen molar-refractivity contribution in [3.63, 3.8) is 0 Å². The number of alkyl halides is 3. The number of aromatic nitrogens is 2. The Balaban J connectivity index is 2.25. The molecule has 8 nitrogen and oxygen atoms in total. The molecule has 0 aliphatic heterocycles. The highest BCUT2D eigenvalue weighted by atomic mass is 19.4. The zero-order chi connectivity index (χ0) is 18.8. The van der Waals surface area contributed by atoms with E-state index in [1.54, 1.807) is 0 Å². The van der Waals surface area contributed by atoms with Crippen molar-refractivity contribution in [3.05, 3.63) is 30.2 Å². The molecule has 11 heteroatoms. The number of hydrogen-bond acceptors (Lipinski definition) is 6. The molecule has 0 aliphatic carbocycles. The number of esters is 1. The molecular formula is C14H12F3N3O5. The first-order chi connectivity index (χ1) is 11.6. The lowest BCUT2D eigenvalue weighted by molar-refractivity contribution is -0.175. The van der Waals surface area contributed by atoms with Gasteiger partial charge in [0.05, 0.1) is 13.3 Å². The summed E-state index contributed by atoms with van der Waals surface area (Å²) in [6.45, 7) is 0. The quantitative estimate of drug-likeness (QED) is 0.605. The van der Waals surface area contributed by atoms with Crippen molar-refractivity contribution in [3.8, 4) is 5.75 Å². The molecule has 0 bridgehead atoms. The van der Waals surface area contributed by atoms with Crippen LogP contribution in [0.4, 0.5) is 13.2 Å². The SMILES string of the molecule is COC(=O)[C@H](CC(=O)c1cnc2c(O)cccn12)NC(=O)C(F)(F)F. The smallest absolute Gasteiger partial charge is 0.471 e. The number of aromatic hydroxyl groups is 1. The number of carbonyl (C=O) groups is 3. The minimum absolute atomic E-state index is 0.0554. The largest absolute Gasteiger partial charge is 0.504 e. The topological polar surface area (TPSA) is 110 Å². The first kappa shape index (κ1) is 18.2. The summed E-state index contributed by atoms with van der Waals surface area (Å²) in [4.78, 5) is 38.7. The molecule has 1 atom stereocenters. The Morgan fingerprint density at radius 3 is 2.68 bits per heavy atom. The maximum absolute atomic E-state index is 12.3. The summed E-state index contributed by atoms with van der Waals surface area (Å²) in [6, 6.07) is 0.927. The van der Waals surface area contributed by atoms with Gasteiger partial charge in [0, 0.05) is 12.6 Å². The first-order valence-electron chi connectivity index (χ1n) is 6.79. The molecule has 0 saturated heterocycles. The molecule has 0 spiro atoms. The van der Waals surface area contributed by atoms with Gasteiger partial charge in [-0.05, 0) is 12.1 Å². The van der Waals surface area contributed by atoms with Crippen LogP contribution in [0.3, 0.4) is 0 Å². The molecule has 2 aromatic heterocycles. The number of nitrogens with one attached hydrogen (secondary N) is 1. The predicted molar refractivity (Wildman–Crippen MR) is 75.8 cm³/mol. The van der Waals surface area contributed by atoms with E-state index < -0.39 is 36.3 Å². The van der Waals surface area contributed by atoms with Crippen molar-refractivity contribution >= 4 is 23.3 Å². The lowest BCUT2D eigenvalue weighted by Crippen LogP contribution is -2.48. The number of halogens is 3. The molecule has 2 N–H and O–H groups in total. The number of ketones is 1. The van der Waals surface area contributed by atoms with Gasteiger partial charge in [0.1, 0.15) is 11.7 Å². The molecule has 0 unspecified atom stereocenters. The molecule has 0 fully saturated rings. The normalized spacial score (nSPS) is 12.6. The van der Waals surface area contributed by atoms with Gasteiger partial charge < -0.3 is 15.2 Å². The van der Waals surface area contributed by atoms with Gasteiger partial charge in [0.2, 0.25) is 0 Å². The standard InChI is InChI=1S/C14H12F3N3O5/c1-25-12(23)7(19-13(24)14(15,16)17)5-10(22)8-6-18-11-9(21)3-2-4-20(8)11/h2-4,6-7,21H,5H2,1H3,(H,19,24)/t7-/m0/s1. The third-order valence-corrected chi connectivity index (χ3v) is 3.24. The third-order valence-electron chi connectivity index (χ3n) is 3.24. The molecule has 25 heavy (non-hydrogen) atoms. The minimum atomic E-state index is -5.22. The summed E-state index contributed by atoms with van der Waals surface area (Å²) in [6.07, 6.45) is -3.50. The molecular weight excluding hydrogens is 347 g/mol. The number of hydrogen-bond donors (Lipinski definition) is 2. The van der Waals surface area contributed by atoms with Crippen LogP contribution < -0.4 is 5.32 Å². The number of amides is 1. The van der Waals surface area contributed by atoms with E-state index in [4.69, 9.17) is 0 Å². The number of carbonyl (C=O) groups excluding carboxylic acids is 3. The molecule has 0 aromatic carbocycles. The second-order valence-corrected chi connectivity index (χ2v) is 4.90. The van der Waals surface area contributed by atoms with E-state index in [1.165, 1.54) is 28.0 Å². The maximum Gasteiger partial charge on any atom is 0.471 e. The number of Topliss-reactive ketones (excluding diaryl/α,β-unsaturated/α-hetero) is 1. The lowest BCUT2D eigenvalue weighted by Gasteiger charge is -2.16. The second kappa shape index (κ2) is 6.79. The van der Waals surface area contributed by atoms with Crippen molar-refractivity contribution in [2.75, 3.05) is 7.11 Å². The Hall–Kier alpha value is -3.11. The number of methoxy groups -OCH3 is 1. The third kappa shape index (κ3) is 3.87. The molecule has 1 amide bonds. The van der Waals surface area contributed by atoms with Crippen molar-refractivity contribution in [1.82, 2.24) is 14.7 Å². The molecule has 2 aromatic rings. The fourth-order valence-electron chi connectivity index (χ4n) is 2.07. The Kier molecular flexibility index (Phi) is 4.95. The fraction of sp³-hybridized carbons (Fsp3) is 0.286. The predicted octanol–water partition coefficient (Wildman–Crippen LogP) is 0.833. The summed E-state index contributed by atoms with van der Waals surface area (Å²) in [5, 5.41) is 11.1. The maximum atomic E-state index is 12.3. The molecule has 0 radical (unpaired) electrons. The molecule has 134 valence electrons. The van der Waals surface area contributed by atoms with Gasteiger partial charge in [-0.2, -0.15) is 13.2 Å². The van der Waals surface area contributed by atoms with E-state index in [9.17, 15) is 32.7 Å². The molecule has 0 saturated carbocycles. The molecule has 0 aliphatic rings.